The van der Waals surface area contributed by atoms with Crippen molar-refractivity contribution < 1.29 is 29.7 Å². The van der Waals surface area contributed by atoms with Gasteiger partial charge in [0.1, 0.15) is 0 Å². The van der Waals surface area contributed by atoms with Crippen molar-refractivity contribution >= 4 is 30.1 Å². The molecule has 0 amide bonds. The first kappa shape index (κ1) is 21.1. The number of carboxylic acids is 3. The Labute approximate surface area is 175 Å². The Morgan fingerprint density at radius 1 is 0.677 bits per heavy atom. The van der Waals surface area contributed by atoms with E-state index in [0.29, 0.717) is 22.5 Å². The molecule has 0 saturated carbocycles. The number of nitrogens with zero attached hydrogens (tertiary/aromatic N) is 3. The molecule has 31 heavy (non-hydrogen) atoms. The fraction of sp³-hybridized carbons (Fsp3) is 0. The highest BCUT2D eigenvalue weighted by Gasteiger charge is 2.13. The zero-order valence-electron chi connectivity index (χ0n) is 15.8. The summed E-state index contributed by atoms with van der Waals surface area (Å²) in [6.07, 6.45) is 7.64. The highest BCUT2D eigenvalue weighted by atomic mass is 16.4. The van der Waals surface area contributed by atoms with Gasteiger partial charge in [0.15, 0.2) is 0 Å². The van der Waals surface area contributed by atoms with E-state index < -0.39 is 17.9 Å². The average Bonchev–Trinajstić information content (AvgIpc) is 2.76. The van der Waals surface area contributed by atoms with Crippen LogP contribution in [-0.2, 0) is 9.59 Å². The zero-order chi connectivity index (χ0) is 22.4. The predicted octanol–water partition coefficient (Wildman–Crippen LogP) is 3.10. The first-order chi connectivity index (χ1) is 14.8. The molecule has 0 spiro atoms. The number of pyridine rings is 3. The van der Waals surface area contributed by atoms with Crippen LogP contribution in [-0.4, -0.2) is 48.2 Å². The highest BCUT2D eigenvalue weighted by Crippen LogP contribution is 2.24. The minimum Gasteiger partial charge on any atom is -0.478 e. The summed E-state index contributed by atoms with van der Waals surface area (Å²) in [6.45, 7) is 0. The van der Waals surface area contributed by atoms with Crippen molar-refractivity contribution in [2.45, 2.75) is 0 Å². The Kier molecular flexibility index (Phi) is 6.27. The lowest BCUT2D eigenvalue weighted by molar-refractivity contribution is -0.132. The standard InChI is InChI=1S/C22H15N3O6/c26-20(27)3-1-13-5-7-23-16(9-13)18-11-15(22(30)31)12-19(25-18)17-10-14(6-8-24-17)2-4-21(28)29/h1-12H,(H,26,27)(H,28,29)(H,30,31)/b3-1+,4-2+. The molecule has 3 aromatic heterocycles. The van der Waals surface area contributed by atoms with Crippen molar-refractivity contribution in [3.8, 4) is 22.8 Å². The molecule has 3 aromatic rings. The van der Waals surface area contributed by atoms with Crippen molar-refractivity contribution in [2.75, 3.05) is 0 Å². The molecule has 0 saturated heterocycles. The molecule has 3 N–H and O–H groups in total. The smallest absolute Gasteiger partial charge is 0.335 e. The third kappa shape index (κ3) is 5.67. The Balaban J connectivity index is 2.08. The number of aliphatic carboxylic acids is 2. The molecule has 0 atom stereocenters. The molecular formula is C22H15N3O6. The van der Waals surface area contributed by atoms with Crippen LogP contribution in [0.15, 0.2) is 60.9 Å². The first-order valence-corrected chi connectivity index (χ1v) is 8.82. The molecule has 3 rings (SSSR count). The van der Waals surface area contributed by atoms with Crippen molar-refractivity contribution in [1.82, 2.24) is 15.0 Å². The van der Waals surface area contributed by atoms with Crippen LogP contribution in [0.1, 0.15) is 21.5 Å². The Morgan fingerprint density at radius 2 is 1.13 bits per heavy atom. The summed E-state index contributed by atoms with van der Waals surface area (Å²) in [7, 11) is 0. The van der Waals surface area contributed by atoms with Gasteiger partial charge < -0.3 is 15.3 Å². The number of aromatic carboxylic acids is 1. The maximum Gasteiger partial charge on any atom is 0.335 e. The quantitative estimate of drug-likeness (QED) is 0.493. The van der Waals surface area contributed by atoms with E-state index in [0.717, 1.165) is 12.2 Å². The summed E-state index contributed by atoms with van der Waals surface area (Å²) >= 11 is 0. The minimum atomic E-state index is -1.17. The van der Waals surface area contributed by atoms with Crippen molar-refractivity contribution in [1.29, 1.82) is 0 Å². The molecule has 154 valence electrons. The van der Waals surface area contributed by atoms with Gasteiger partial charge in [0, 0.05) is 24.5 Å². The molecule has 9 heteroatoms. The third-order valence-electron chi connectivity index (χ3n) is 4.00. The van der Waals surface area contributed by atoms with Crippen molar-refractivity contribution in [3.63, 3.8) is 0 Å². The molecule has 0 aliphatic rings. The van der Waals surface area contributed by atoms with Crippen molar-refractivity contribution in [3.05, 3.63) is 77.6 Å². The van der Waals surface area contributed by atoms with E-state index in [1.165, 1.54) is 36.7 Å². The number of aromatic nitrogens is 3. The summed E-state index contributed by atoms with van der Waals surface area (Å²) < 4.78 is 0. The zero-order valence-corrected chi connectivity index (χ0v) is 15.8. The molecule has 0 unspecified atom stereocenters. The van der Waals surface area contributed by atoms with Gasteiger partial charge >= 0.3 is 17.9 Å². The highest BCUT2D eigenvalue weighted by molar-refractivity contribution is 5.91. The topological polar surface area (TPSA) is 151 Å². The molecular weight excluding hydrogens is 402 g/mol. The SMILES string of the molecule is O=C(O)/C=C/c1ccnc(-c2cc(C(=O)O)cc(-c3cc(/C=C/C(=O)O)ccn3)n2)c1. The van der Waals surface area contributed by atoms with Gasteiger partial charge in [0.25, 0.3) is 0 Å². The van der Waals surface area contributed by atoms with E-state index in [2.05, 4.69) is 15.0 Å². The number of carbonyl (C=O) groups is 3. The van der Waals surface area contributed by atoms with E-state index >= 15 is 0 Å². The second kappa shape index (κ2) is 9.23. The van der Waals surface area contributed by atoms with E-state index in [4.69, 9.17) is 10.2 Å². The van der Waals surface area contributed by atoms with Crippen LogP contribution < -0.4 is 0 Å². The van der Waals surface area contributed by atoms with Crippen LogP contribution in [0.3, 0.4) is 0 Å². The molecule has 9 nitrogen and oxygen atoms in total. The van der Waals surface area contributed by atoms with Crippen LogP contribution >= 0.6 is 0 Å². The lowest BCUT2D eigenvalue weighted by atomic mass is 10.1. The van der Waals surface area contributed by atoms with Crippen LogP contribution in [0.2, 0.25) is 0 Å². The van der Waals surface area contributed by atoms with Crippen molar-refractivity contribution in [2.24, 2.45) is 0 Å². The summed E-state index contributed by atoms with van der Waals surface area (Å²) in [5, 5.41) is 27.1. The second-order valence-electron chi connectivity index (χ2n) is 6.22. The van der Waals surface area contributed by atoms with Crippen LogP contribution in [0.4, 0.5) is 0 Å². The third-order valence-corrected chi connectivity index (χ3v) is 4.00. The molecule has 0 aromatic carbocycles. The summed E-state index contributed by atoms with van der Waals surface area (Å²) in [5.41, 5.74) is 2.27. The summed E-state index contributed by atoms with van der Waals surface area (Å²) in [6, 6.07) is 9.07. The van der Waals surface area contributed by atoms with Gasteiger partial charge in [-0.1, -0.05) is 0 Å². The molecule has 0 bridgehead atoms. The van der Waals surface area contributed by atoms with Crippen LogP contribution in [0.5, 0.6) is 0 Å². The summed E-state index contributed by atoms with van der Waals surface area (Å²) in [5.74, 6) is -3.38. The summed E-state index contributed by atoms with van der Waals surface area (Å²) in [4.78, 5) is 46.0. The van der Waals surface area contributed by atoms with E-state index in [9.17, 15) is 19.5 Å². The fourth-order valence-corrected chi connectivity index (χ4v) is 2.63. The normalized spacial score (nSPS) is 11.1. The van der Waals surface area contributed by atoms with Gasteiger partial charge in [-0.15, -0.1) is 0 Å². The molecule has 0 aliphatic heterocycles. The van der Waals surface area contributed by atoms with Gasteiger partial charge in [-0.25, -0.2) is 19.4 Å². The number of carboxylic acid groups (broad SMARTS) is 3. The van der Waals surface area contributed by atoms with Crippen LogP contribution in [0, 0.1) is 0 Å². The Bertz CT molecular complexity index is 1150. The lowest BCUT2D eigenvalue weighted by Crippen LogP contribution is -2.01. The number of hydrogen-bond acceptors (Lipinski definition) is 6. The van der Waals surface area contributed by atoms with E-state index in [1.54, 1.807) is 24.3 Å². The predicted molar refractivity (Wildman–Crippen MR) is 111 cm³/mol. The van der Waals surface area contributed by atoms with E-state index in [1.807, 2.05) is 0 Å². The maximum atomic E-state index is 11.6. The largest absolute Gasteiger partial charge is 0.478 e. The van der Waals surface area contributed by atoms with Crippen LogP contribution in [0.25, 0.3) is 34.9 Å². The van der Waals surface area contributed by atoms with Gasteiger partial charge in [-0.2, -0.15) is 0 Å². The number of hydrogen-bond donors (Lipinski definition) is 3. The van der Waals surface area contributed by atoms with E-state index in [-0.39, 0.29) is 17.0 Å². The van der Waals surface area contributed by atoms with Gasteiger partial charge in [0.2, 0.25) is 0 Å². The molecule has 0 radical (unpaired) electrons. The molecule has 3 heterocycles. The Hall–Kier alpha value is -4.66. The van der Waals surface area contributed by atoms with Gasteiger partial charge in [0.05, 0.1) is 28.3 Å². The average molecular weight is 417 g/mol. The Morgan fingerprint density at radius 3 is 1.52 bits per heavy atom. The second-order valence-corrected chi connectivity index (χ2v) is 6.22. The minimum absolute atomic E-state index is 0.0402. The fourth-order valence-electron chi connectivity index (χ4n) is 2.63. The lowest BCUT2D eigenvalue weighted by Gasteiger charge is -2.08. The number of rotatable bonds is 7. The van der Waals surface area contributed by atoms with Gasteiger partial charge in [-0.05, 0) is 59.7 Å². The monoisotopic (exact) mass is 417 g/mol. The first-order valence-electron chi connectivity index (χ1n) is 8.82. The molecule has 0 fully saturated rings. The maximum absolute atomic E-state index is 11.6. The molecule has 0 aliphatic carbocycles. The van der Waals surface area contributed by atoms with Gasteiger partial charge in [-0.3, -0.25) is 9.97 Å².